The molecule has 0 bridgehead atoms. The molecule has 3 aromatic rings. The highest BCUT2D eigenvalue weighted by molar-refractivity contribution is 5.30. The average Bonchev–Trinajstić information content (AvgIpc) is 2.72. The predicted molar refractivity (Wildman–Crippen MR) is 103 cm³/mol. The lowest BCUT2D eigenvalue weighted by Gasteiger charge is -2.18. The molecule has 2 N–H and O–H groups in total. The van der Waals surface area contributed by atoms with Gasteiger partial charge in [0.1, 0.15) is 12.4 Å². The third-order valence-corrected chi connectivity index (χ3v) is 4.29. The van der Waals surface area contributed by atoms with Crippen LogP contribution in [0.4, 0.5) is 0 Å². The van der Waals surface area contributed by atoms with Crippen LogP contribution in [0.5, 0.6) is 5.75 Å². The zero-order valence-electron chi connectivity index (χ0n) is 14.9. The molecule has 0 aliphatic heterocycles. The van der Waals surface area contributed by atoms with Gasteiger partial charge in [-0.05, 0) is 41.8 Å². The first-order chi connectivity index (χ1) is 12.7. The summed E-state index contributed by atoms with van der Waals surface area (Å²) in [5.74, 6) is 0.755. The largest absolute Gasteiger partial charge is 0.489 e. The van der Waals surface area contributed by atoms with Crippen molar-refractivity contribution >= 4 is 0 Å². The van der Waals surface area contributed by atoms with Gasteiger partial charge < -0.3 is 15.2 Å². The van der Waals surface area contributed by atoms with Gasteiger partial charge in [0.05, 0.1) is 6.10 Å². The highest BCUT2D eigenvalue weighted by Gasteiger charge is 2.11. The monoisotopic (exact) mass is 348 g/mol. The van der Waals surface area contributed by atoms with Gasteiger partial charge in [-0.2, -0.15) is 0 Å². The minimum atomic E-state index is -0.602. The van der Waals surface area contributed by atoms with E-state index in [4.69, 9.17) is 4.74 Å². The molecule has 0 radical (unpaired) electrons. The van der Waals surface area contributed by atoms with E-state index in [1.807, 2.05) is 72.9 Å². The zero-order valence-corrected chi connectivity index (χ0v) is 14.9. The summed E-state index contributed by atoms with van der Waals surface area (Å²) in [5.41, 5.74) is 3.05. The Hall–Kier alpha value is -2.69. The van der Waals surface area contributed by atoms with E-state index in [2.05, 4.69) is 17.2 Å². The topological polar surface area (TPSA) is 54.4 Å². The molecule has 2 aromatic carbocycles. The molecule has 0 aliphatic rings. The molecule has 2 atom stereocenters. The van der Waals surface area contributed by atoms with Crippen LogP contribution >= 0.6 is 0 Å². The van der Waals surface area contributed by atoms with Crippen molar-refractivity contribution in [1.82, 2.24) is 10.3 Å². The Morgan fingerprint density at radius 1 is 1.00 bits per heavy atom. The van der Waals surface area contributed by atoms with Crippen LogP contribution in [0.2, 0.25) is 0 Å². The van der Waals surface area contributed by atoms with Crippen molar-refractivity contribution in [3.63, 3.8) is 0 Å². The fourth-order valence-electron chi connectivity index (χ4n) is 2.71. The first kappa shape index (κ1) is 18.1. The number of hydrogen-bond acceptors (Lipinski definition) is 4. The minimum Gasteiger partial charge on any atom is -0.489 e. The standard InChI is InChI=1S/C22H24N2O2/c1-17(20-10-6-12-23-14-20)24-15-22(25)19-9-5-11-21(13-19)26-16-18-7-3-2-4-8-18/h2-14,17,22,24-25H,15-16H2,1H3. The summed E-state index contributed by atoms with van der Waals surface area (Å²) < 4.78 is 5.84. The maximum Gasteiger partial charge on any atom is 0.120 e. The number of nitrogens with zero attached hydrogens (tertiary/aromatic N) is 1. The SMILES string of the molecule is CC(NCC(O)c1cccc(OCc2ccccc2)c1)c1cccnc1. The van der Waals surface area contributed by atoms with Crippen LogP contribution in [-0.2, 0) is 6.61 Å². The number of rotatable bonds is 8. The number of nitrogens with one attached hydrogen (secondary N) is 1. The highest BCUT2D eigenvalue weighted by Crippen LogP contribution is 2.21. The van der Waals surface area contributed by atoms with Gasteiger partial charge in [0.25, 0.3) is 0 Å². The molecule has 4 nitrogen and oxygen atoms in total. The highest BCUT2D eigenvalue weighted by atomic mass is 16.5. The van der Waals surface area contributed by atoms with Gasteiger partial charge in [-0.25, -0.2) is 0 Å². The van der Waals surface area contributed by atoms with E-state index in [0.29, 0.717) is 13.2 Å². The summed E-state index contributed by atoms with van der Waals surface area (Å²) in [6, 6.07) is 21.7. The second kappa shape index (κ2) is 9.13. The molecule has 0 saturated carbocycles. The van der Waals surface area contributed by atoms with E-state index in [1.54, 1.807) is 6.20 Å². The molecule has 1 heterocycles. The molecule has 134 valence electrons. The van der Waals surface area contributed by atoms with E-state index in [9.17, 15) is 5.11 Å². The Bertz CT molecular complexity index is 794. The van der Waals surface area contributed by atoms with Gasteiger partial charge in [0.15, 0.2) is 0 Å². The molecule has 26 heavy (non-hydrogen) atoms. The van der Waals surface area contributed by atoms with Crippen LogP contribution in [0.1, 0.15) is 35.8 Å². The van der Waals surface area contributed by atoms with Crippen LogP contribution in [-0.4, -0.2) is 16.6 Å². The Balaban J connectivity index is 1.55. The Morgan fingerprint density at radius 3 is 2.58 bits per heavy atom. The molecule has 0 aliphatic carbocycles. The zero-order chi connectivity index (χ0) is 18.2. The van der Waals surface area contributed by atoms with Crippen LogP contribution in [0.25, 0.3) is 0 Å². The van der Waals surface area contributed by atoms with Crippen LogP contribution in [0.15, 0.2) is 79.1 Å². The second-order valence-corrected chi connectivity index (χ2v) is 6.28. The molecule has 0 fully saturated rings. The van der Waals surface area contributed by atoms with Crippen molar-refractivity contribution < 1.29 is 9.84 Å². The lowest BCUT2D eigenvalue weighted by molar-refractivity contribution is 0.170. The Labute approximate surface area is 154 Å². The average molecular weight is 348 g/mol. The summed E-state index contributed by atoms with van der Waals surface area (Å²) >= 11 is 0. The number of aliphatic hydroxyl groups is 1. The maximum absolute atomic E-state index is 10.5. The molecule has 3 rings (SSSR count). The van der Waals surface area contributed by atoms with Gasteiger partial charge in [0, 0.05) is 25.0 Å². The number of benzene rings is 2. The molecule has 0 amide bonds. The first-order valence-electron chi connectivity index (χ1n) is 8.80. The summed E-state index contributed by atoms with van der Waals surface area (Å²) in [6.45, 7) is 3.03. The fourth-order valence-corrected chi connectivity index (χ4v) is 2.71. The Kier molecular flexibility index (Phi) is 6.36. The maximum atomic E-state index is 10.5. The third kappa shape index (κ3) is 5.15. The molecule has 4 heteroatoms. The molecule has 0 saturated heterocycles. The summed E-state index contributed by atoms with van der Waals surface area (Å²) in [4.78, 5) is 4.13. The van der Waals surface area contributed by atoms with Gasteiger partial charge in [-0.1, -0.05) is 48.5 Å². The number of ether oxygens (including phenoxy) is 1. The predicted octanol–water partition coefficient (Wildman–Crippen LogP) is 4.04. The lowest BCUT2D eigenvalue weighted by atomic mass is 10.1. The van der Waals surface area contributed by atoms with Crippen LogP contribution in [0, 0.1) is 0 Å². The Morgan fingerprint density at radius 2 is 1.81 bits per heavy atom. The molecule has 2 unspecified atom stereocenters. The first-order valence-corrected chi connectivity index (χ1v) is 8.80. The summed E-state index contributed by atoms with van der Waals surface area (Å²) in [7, 11) is 0. The third-order valence-electron chi connectivity index (χ3n) is 4.29. The van der Waals surface area contributed by atoms with E-state index in [1.165, 1.54) is 0 Å². The quantitative estimate of drug-likeness (QED) is 0.645. The number of aliphatic hydroxyl groups excluding tert-OH is 1. The summed E-state index contributed by atoms with van der Waals surface area (Å²) in [5, 5.41) is 13.8. The number of hydrogen-bond donors (Lipinski definition) is 2. The summed E-state index contributed by atoms with van der Waals surface area (Å²) in [6.07, 6.45) is 2.99. The van der Waals surface area contributed by atoms with Gasteiger partial charge in [0.2, 0.25) is 0 Å². The van der Waals surface area contributed by atoms with Crippen molar-refractivity contribution in [2.45, 2.75) is 25.7 Å². The molecule has 1 aromatic heterocycles. The normalized spacial score (nSPS) is 13.2. The van der Waals surface area contributed by atoms with Crippen molar-refractivity contribution in [2.24, 2.45) is 0 Å². The fraction of sp³-hybridized carbons (Fsp3) is 0.227. The van der Waals surface area contributed by atoms with Gasteiger partial charge in [-0.3, -0.25) is 4.98 Å². The van der Waals surface area contributed by atoms with Crippen LogP contribution < -0.4 is 10.1 Å². The van der Waals surface area contributed by atoms with Crippen molar-refractivity contribution in [3.05, 3.63) is 95.8 Å². The number of aromatic nitrogens is 1. The second-order valence-electron chi connectivity index (χ2n) is 6.28. The van der Waals surface area contributed by atoms with Gasteiger partial charge in [-0.15, -0.1) is 0 Å². The van der Waals surface area contributed by atoms with Crippen LogP contribution in [0.3, 0.4) is 0 Å². The van der Waals surface area contributed by atoms with E-state index < -0.39 is 6.10 Å². The van der Waals surface area contributed by atoms with Gasteiger partial charge >= 0.3 is 0 Å². The minimum absolute atomic E-state index is 0.121. The smallest absolute Gasteiger partial charge is 0.120 e. The molecule has 0 spiro atoms. The number of pyridine rings is 1. The van der Waals surface area contributed by atoms with Crippen molar-refractivity contribution in [3.8, 4) is 5.75 Å². The van der Waals surface area contributed by atoms with Crippen molar-refractivity contribution in [2.75, 3.05) is 6.54 Å². The lowest BCUT2D eigenvalue weighted by Crippen LogP contribution is -2.24. The van der Waals surface area contributed by atoms with E-state index in [-0.39, 0.29) is 6.04 Å². The van der Waals surface area contributed by atoms with Crippen molar-refractivity contribution in [1.29, 1.82) is 0 Å². The van der Waals surface area contributed by atoms with E-state index >= 15 is 0 Å². The van der Waals surface area contributed by atoms with E-state index in [0.717, 1.165) is 22.4 Å². The molecular weight excluding hydrogens is 324 g/mol. The molecular formula is C22H24N2O2.